The molecule has 2 aromatic carbocycles. The third-order valence-corrected chi connectivity index (χ3v) is 6.11. The number of thioether (sulfide) groups is 1. The fourth-order valence-corrected chi connectivity index (χ4v) is 4.64. The number of benzene rings is 2. The highest BCUT2D eigenvalue weighted by atomic mass is 32.2. The van der Waals surface area contributed by atoms with Crippen LogP contribution in [0.25, 0.3) is 11.3 Å². The standard InChI is InChI=1S/C23H23FN4O2S/c1-3-4-7-13-31-23-25-21(30)20-18-11-5-6-12-19(18)27(15(2)29)22(28(20)26-23)16-9-8-10-17(24)14-16/h5-6,8-12,14,22H,3-4,7,13H2,1-2H3. The van der Waals surface area contributed by atoms with Crippen molar-refractivity contribution in [1.29, 1.82) is 0 Å². The van der Waals surface area contributed by atoms with Gasteiger partial charge < -0.3 is 5.11 Å². The quantitative estimate of drug-likeness (QED) is 0.332. The van der Waals surface area contributed by atoms with Crippen LogP contribution in [-0.4, -0.2) is 21.7 Å². The van der Waals surface area contributed by atoms with Gasteiger partial charge in [-0.3, -0.25) is 4.79 Å². The molecule has 8 heteroatoms. The maximum atomic E-state index is 14.1. The fourth-order valence-electron chi connectivity index (χ4n) is 3.82. The summed E-state index contributed by atoms with van der Waals surface area (Å²) in [5, 5.41) is 18.1. The molecule has 1 aromatic heterocycles. The molecule has 2 heterocycles. The van der Waals surface area contributed by atoms with Crippen LogP contribution >= 0.6 is 11.8 Å². The van der Waals surface area contributed by atoms with Crippen LogP contribution in [0.2, 0.25) is 0 Å². The molecule has 0 radical (unpaired) electrons. The molecule has 1 unspecified atom stereocenters. The first-order valence-electron chi connectivity index (χ1n) is 10.3. The van der Waals surface area contributed by atoms with Crippen LogP contribution in [0.5, 0.6) is 5.88 Å². The SMILES string of the molecule is CCCCCSc1nc([O-])c2[n+](n1)C(c1cccc(F)c1)N(C(C)=O)c1ccccc1-2. The average Bonchev–Trinajstić information content (AvgIpc) is 2.75. The Morgan fingerprint density at radius 2 is 2.03 bits per heavy atom. The number of amides is 1. The zero-order valence-electron chi connectivity index (χ0n) is 17.4. The van der Waals surface area contributed by atoms with Gasteiger partial charge in [0.15, 0.2) is 0 Å². The number of nitrogens with zero attached hydrogens (tertiary/aromatic N) is 4. The van der Waals surface area contributed by atoms with E-state index in [2.05, 4.69) is 17.0 Å². The zero-order valence-corrected chi connectivity index (χ0v) is 18.2. The molecule has 1 aliphatic rings. The van der Waals surface area contributed by atoms with Gasteiger partial charge in [0.05, 0.1) is 17.1 Å². The minimum atomic E-state index is -0.788. The van der Waals surface area contributed by atoms with Crippen molar-refractivity contribution in [3.63, 3.8) is 0 Å². The second-order valence-corrected chi connectivity index (χ2v) is 8.45. The van der Waals surface area contributed by atoms with Gasteiger partial charge in [0.2, 0.25) is 5.91 Å². The summed E-state index contributed by atoms with van der Waals surface area (Å²) < 4.78 is 15.6. The molecule has 6 nitrogen and oxygen atoms in total. The molecule has 0 saturated carbocycles. The van der Waals surface area contributed by atoms with Gasteiger partial charge in [-0.15, -0.1) is 0 Å². The van der Waals surface area contributed by atoms with Crippen molar-refractivity contribution in [2.24, 2.45) is 0 Å². The van der Waals surface area contributed by atoms with Gasteiger partial charge in [-0.25, -0.2) is 14.3 Å². The van der Waals surface area contributed by atoms with Gasteiger partial charge in [-0.1, -0.05) is 54.4 Å². The lowest BCUT2D eigenvalue weighted by atomic mass is 10.0. The smallest absolute Gasteiger partial charge is 0.293 e. The summed E-state index contributed by atoms with van der Waals surface area (Å²) in [5.41, 5.74) is 1.97. The number of unbranched alkanes of at least 4 members (excludes halogenated alkanes) is 2. The highest BCUT2D eigenvalue weighted by Gasteiger charge is 2.43. The van der Waals surface area contributed by atoms with Gasteiger partial charge in [0.25, 0.3) is 17.0 Å². The number of carbonyl (C=O) groups is 1. The molecule has 160 valence electrons. The van der Waals surface area contributed by atoms with Gasteiger partial charge >= 0.3 is 0 Å². The van der Waals surface area contributed by atoms with Crippen molar-refractivity contribution < 1.29 is 19.0 Å². The van der Waals surface area contributed by atoms with Gasteiger partial charge in [0, 0.05) is 23.3 Å². The summed E-state index contributed by atoms with van der Waals surface area (Å²) in [5.74, 6) is -0.273. The molecule has 0 bridgehead atoms. The monoisotopic (exact) mass is 438 g/mol. The Morgan fingerprint density at radius 1 is 1.23 bits per heavy atom. The van der Waals surface area contributed by atoms with Crippen LogP contribution in [-0.2, 0) is 4.79 Å². The number of hydrogen-bond acceptors (Lipinski definition) is 5. The van der Waals surface area contributed by atoms with Crippen LogP contribution in [0, 0.1) is 5.82 Å². The Hall–Kier alpha value is -3.00. The Balaban J connectivity index is 1.90. The minimum absolute atomic E-state index is 0.233. The number of hydrogen-bond donors (Lipinski definition) is 0. The second kappa shape index (κ2) is 9.01. The van der Waals surface area contributed by atoms with E-state index in [-0.39, 0.29) is 5.91 Å². The predicted octanol–water partition coefficient (Wildman–Crippen LogP) is 3.84. The van der Waals surface area contributed by atoms with Crippen molar-refractivity contribution in [2.75, 3.05) is 10.7 Å². The van der Waals surface area contributed by atoms with Crippen LogP contribution in [0.15, 0.2) is 53.7 Å². The van der Waals surface area contributed by atoms with Gasteiger partial charge in [-0.2, -0.15) is 0 Å². The molecule has 3 aromatic rings. The molecule has 0 saturated heterocycles. The van der Waals surface area contributed by atoms with E-state index in [4.69, 9.17) is 0 Å². The number of carbonyl (C=O) groups excluding carboxylic acids is 1. The maximum Gasteiger partial charge on any atom is 0.293 e. The van der Waals surface area contributed by atoms with Gasteiger partial charge in [-0.05, 0) is 36.8 Å². The molecule has 0 aliphatic carbocycles. The highest BCUT2D eigenvalue weighted by molar-refractivity contribution is 7.99. The molecule has 0 N–H and O–H groups in total. The van der Waals surface area contributed by atoms with Crippen LogP contribution < -0.4 is 14.7 Å². The molecular formula is C23H23FN4O2S. The third-order valence-electron chi connectivity index (χ3n) is 5.18. The molecule has 1 aliphatic heterocycles. The average molecular weight is 439 g/mol. The van der Waals surface area contributed by atoms with E-state index in [1.165, 1.54) is 35.5 Å². The number of halogens is 1. The fraction of sp³-hybridized carbons (Fsp3) is 0.304. The maximum absolute atomic E-state index is 14.1. The van der Waals surface area contributed by atoms with Crippen molar-refractivity contribution in [2.45, 2.75) is 44.4 Å². The molecule has 0 fully saturated rings. The summed E-state index contributed by atoms with van der Waals surface area (Å²) in [4.78, 5) is 18.5. The minimum Gasteiger partial charge on any atom is -0.854 e. The molecule has 1 amide bonds. The van der Waals surface area contributed by atoms with Crippen molar-refractivity contribution in [3.8, 4) is 17.1 Å². The molecule has 1 atom stereocenters. The Morgan fingerprint density at radius 3 is 2.77 bits per heavy atom. The Labute approximate surface area is 184 Å². The zero-order chi connectivity index (χ0) is 22.0. The topological polar surface area (TPSA) is 73.0 Å². The van der Waals surface area contributed by atoms with E-state index in [9.17, 15) is 14.3 Å². The summed E-state index contributed by atoms with van der Waals surface area (Å²) in [7, 11) is 0. The van der Waals surface area contributed by atoms with Crippen LogP contribution in [0.3, 0.4) is 0 Å². The summed E-state index contributed by atoms with van der Waals surface area (Å²) in [6, 6.07) is 13.2. The molecule has 4 rings (SSSR count). The van der Waals surface area contributed by atoms with Crippen molar-refractivity contribution >= 4 is 23.4 Å². The first-order chi connectivity index (χ1) is 15.0. The lowest BCUT2D eigenvalue weighted by molar-refractivity contribution is -0.764. The normalized spacial score (nSPS) is 14.8. The summed E-state index contributed by atoms with van der Waals surface area (Å²) >= 11 is 1.42. The predicted molar refractivity (Wildman–Crippen MR) is 115 cm³/mol. The summed E-state index contributed by atoms with van der Waals surface area (Å²) in [6.45, 7) is 3.58. The van der Waals surface area contributed by atoms with E-state index < -0.39 is 17.9 Å². The van der Waals surface area contributed by atoms with E-state index in [1.807, 2.05) is 0 Å². The first-order valence-corrected chi connectivity index (χ1v) is 11.3. The van der Waals surface area contributed by atoms with E-state index in [0.29, 0.717) is 27.7 Å². The van der Waals surface area contributed by atoms with E-state index in [1.54, 1.807) is 41.3 Å². The van der Waals surface area contributed by atoms with Crippen LogP contribution in [0.4, 0.5) is 10.1 Å². The number of rotatable bonds is 6. The number of para-hydroxylation sites is 1. The van der Waals surface area contributed by atoms with Crippen molar-refractivity contribution in [3.05, 3.63) is 59.9 Å². The Kier molecular flexibility index (Phi) is 6.18. The number of fused-ring (bicyclic) bond motifs is 3. The highest BCUT2D eigenvalue weighted by Crippen LogP contribution is 2.40. The van der Waals surface area contributed by atoms with Crippen LogP contribution in [0.1, 0.15) is 44.8 Å². The van der Waals surface area contributed by atoms with Crippen molar-refractivity contribution in [1.82, 2.24) is 10.1 Å². The second-order valence-electron chi connectivity index (χ2n) is 7.38. The lowest BCUT2D eigenvalue weighted by Gasteiger charge is -2.32. The van der Waals surface area contributed by atoms with E-state index in [0.717, 1.165) is 25.0 Å². The molecule has 0 spiro atoms. The summed E-state index contributed by atoms with van der Waals surface area (Å²) in [6.07, 6.45) is 2.39. The largest absolute Gasteiger partial charge is 0.854 e. The molecule has 31 heavy (non-hydrogen) atoms. The molecular weight excluding hydrogens is 415 g/mol. The van der Waals surface area contributed by atoms with Gasteiger partial charge in [0.1, 0.15) is 5.82 Å². The number of anilines is 1. The number of aromatic nitrogens is 3. The third kappa shape index (κ3) is 4.12. The first kappa shape index (κ1) is 21.2. The Bertz CT molecular complexity index is 1120. The van der Waals surface area contributed by atoms with E-state index >= 15 is 0 Å². The lowest BCUT2D eigenvalue weighted by Crippen LogP contribution is -2.58.